The lowest BCUT2D eigenvalue weighted by Crippen LogP contribution is -2.48. The second-order valence-corrected chi connectivity index (χ2v) is 7.19. The number of carbonyl (C=O) groups excluding carboxylic acids is 1. The van der Waals surface area contributed by atoms with Crippen LogP contribution in [0.4, 0.5) is 0 Å². The summed E-state index contributed by atoms with van der Waals surface area (Å²) in [6.45, 7) is 2.96. The summed E-state index contributed by atoms with van der Waals surface area (Å²) in [6, 6.07) is 0. The van der Waals surface area contributed by atoms with Crippen LogP contribution in [-0.4, -0.2) is 19.0 Å². The summed E-state index contributed by atoms with van der Waals surface area (Å²) < 4.78 is 5.95. The first-order valence-electron chi connectivity index (χ1n) is 7.80. The highest BCUT2D eigenvalue weighted by atomic mass is 16.5. The molecule has 0 aromatic carbocycles. The van der Waals surface area contributed by atoms with E-state index in [9.17, 15) is 4.79 Å². The van der Waals surface area contributed by atoms with Gasteiger partial charge >= 0.3 is 0 Å². The first-order valence-corrected chi connectivity index (χ1v) is 7.80. The van der Waals surface area contributed by atoms with Crippen molar-refractivity contribution in [3.63, 3.8) is 0 Å². The summed E-state index contributed by atoms with van der Waals surface area (Å²) in [5.41, 5.74) is 0.448. The maximum atomic E-state index is 11.0. The fraction of sp³-hybridized carbons (Fsp3) is 0.938. The van der Waals surface area contributed by atoms with Crippen LogP contribution in [0, 0.1) is 23.2 Å². The molecule has 1 unspecified atom stereocenters. The van der Waals surface area contributed by atoms with Crippen molar-refractivity contribution in [2.45, 2.75) is 64.4 Å². The summed E-state index contributed by atoms with van der Waals surface area (Å²) >= 11 is 0. The number of rotatable bonds is 6. The van der Waals surface area contributed by atoms with Crippen molar-refractivity contribution in [3.8, 4) is 0 Å². The Balaban J connectivity index is 1.60. The summed E-state index contributed by atoms with van der Waals surface area (Å²) in [6.07, 6.45) is 11.3. The number of ether oxygens (including phenoxy) is 1. The Labute approximate surface area is 110 Å². The molecule has 4 fully saturated rings. The molecule has 4 aliphatic carbocycles. The normalized spacial score (nSPS) is 43.1. The summed E-state index contributed by atoms with van der Waals surface area (Å²) in [4.78, 5) is 11.0. The Kier molecular flexibility index (Phi) is 3.48. The van der Waals surface area contributed by atoms with Crippen LogP contribution >= 0.6 is 0 Å². The maximum absolute atomic E-state index is 11.0. The van der Waals surface area contributed by atoms with Crippen molar-refractivity contribution in [2.24, 2.45) is 23.2 Å². The van der Waals surface area contributed by atoms with Gasteiger partial charge in [-0.15, -0.1) is 0 Å². The highest BCUT2D eigenvalue weighted by Crippen LogP contribution is 2.60. The molecule has 4 bridgehead atoms. The molecular formula is C16H26O2. The van der Waals surface area contributed by atoms with Gasteiger partial charge in [-0.3, -0.25) is 0 Å². The number of hydrogen-bond donors (Lipinski definition) is 0. The van der Waals surface area contributed by atoms with Crippen LogP contribution < -0.4 is 0 Å². The van der Waals surface area contributed by atoms with Crippen LogP contribution in [0.25, 0.3) is 0 Å². The standard InChI is InChI=1S/C16H26O2/c1-2-3-15(10-17)18-11-16-7-12-4-13(8-16)6-14(5-12)9-16/h10,12-15H,2-9,11H2,1H3. The molecule has 4 aliphatic rings. The van der Waals surface area contributed by atoms with Crippen molar-refractivity contribution in [1.29, 1.82) is 0 Å². The smallest absolute Gasteiger partial charge is 0.148 e. The van der Waals surface area contributed by atoms with Gasteiger partial charge < -0.3 is 9.53 Å². The van der Waals surface area contributed by atoms with Gasteiger partial charge in [0, 0.05) is 0 Å². The molecule has 18 heavy (non-hydrogen) atoms. The Bertz CT molecular complexity index is 275. The third-order valence-electron chi connectivity index (χ3n) is 5.49. The van der Waals surface area contributed by atoms with E-state index in [0.29, 0.717) is 5.41 Å². The third-order valence-corrected chi connectivity index (χ3v) is 5.49. The summed E-state index contributed by atoms with van der Waals surface area (Å²) in [5.74, 6) is 2.92. The fourth-order valence-corrected chi connectivity index (χ4v) is 5.23. The zero-order valence-electron chi connectivity index (χ0n) is 11.6. The first-order chi connectivity index (χ1) is 8.73. The van der Waals surface area contributed by atoms with Gasteiger partial charge in [0.15, 0.2) is 0 Å². The summed E-state index contributed by atoms with van der Waals surface area (Å²) in [5, 5.41) is 0. The van der Waals surface area contributed by atoms with Crippen LogP contribution in [0.1, 0.15) is 58.3 Å². The molecule has 4 saturated carbocycles. The molecular weight excluding hydrogens is 224 g/mol. The minimum atomic E-state index is -0.150. The second kappa shape index (κ2) is 4.96. The van der Waals surface area contributed by atoms with E-state index in [4.69, 9.17) is 4.74 Å². The molecule has 0 heterocycles. The lowest BCUT2D eigenvalue weighted by Gasteiger charge is -2.56. The Morgan fingerprint density at radius 3 is 2.17 bits per heavy atom. The molecule has 0 aromatic rings. The van der Waals surface area contributed by atoms with E-state index in [1.54, 1.807) is 0 Å². The molecule has 0 amide bonds. The Morgan fingerprint density at radius 1 is 1.17 bits per heavy atom. The van der Waals surface area contributed by atoms with Gasteiger partial charge in [0.2, 0.25) is 0 Å². The topological polar surface area (TPSA) is 26.3 Å². The van der Waals surface area contributed by atoms with Crippen molar-refractivity contribution >= 4 is 6.29 Å². The van der Waals surface area contributed by atoms with Crippen molar-refractivity contribution in [1.82, 2.24) is 0 Å². The third kappa shape index (κ3) is 2.36. The minimum absolute atomic E-state index is 0.150. The fourth-order valence-electron chi connectivity index (χ4n) is 5.23. The van der Waals surface area contributed by atoms with Gasteiger partial charge in [0.25, 0.3) is 0 Å². The van der Waals surface area contributed by atoms with Crippen molar-refractivity contribution < 1.29 is 9.53 Å². The minimum Gasteiger partial charge on any atom is -0.370 e. The molecule has 2 nitrogen and oxygen atoms in total. The Morgan fingerprint density at radius 2 is 1.72 bits per heavy atom. The molecule has 0 aromatic heterocycles. The predicted octanol–water partition coefficient (Wildman–Crippen LogP) is 3.59. The van der Waals surface area contributed by atoms with Gasteiger partial charge in [-0.2, -0.15) is 0 Å². The Hall–Kier alpha value is -0.370. The van der Waals surface area contributed by atoms with E-state index in [2.05, 4.69) is 6.92 Å². The largest absolute Gasteiger partial charge is 0.370 e. The van der Waals surface area contributed by atoms with Crippen LogP contribution in [0.2, 0.25) is 0 Å². The SMILES string of the molecule is CCCC(C=O)OCC12CC3CC(CC(C3)C1)C2. The molecule has 0 aliphatic heterocycles. The molecule has 0 spiro atoms. The van der Waals surface area contributed by atoms with Gasteiger partial charge in [0.1, 0.15) is 12.4 Å². The van der Waals surface area contributed by atoms with E-state index in [1.807, 2.05) is 0 Å². The molecule has 102 valence electrons. The van der Waals surface area contributed by atoms with Gasteiger partial charge in [-0.05, 0) is 68.1 Å². The highest BCUT2D eigenvalue weighted by Gasteiger charge is 2.51. The van der Waals surface area contributed by atoms with Crippen molar-refractivity contribution in [2.75, 3.05) is 6.61 Å². The van der Waals surface area contributed by atoms with E-state index in [0.717, 1.165) is 43.5 Å². The quantitative estimate of drug-likeness (QED) is 0.673. The lowest BCUT2D eigenvalue weighted by molar-refractivity contribution is -0.132. The second-order valence-electron chi connectivity index (χ2n) is 7.19. The molecule has 1 atom stereocenters. The van der Waals surface area contributed by atoms with Gasteiger partial charge in [-0.25, -0.2) is 0 Å². The van der Waals surface area contributed by atoms with Crippen LogP contribution in [0.5, 0.6) is 0 Å². The summed E-state index contributed by atoms with van der Waals surface area (Å²) in [7, 11) is 0. The number of carbonyl (C=O) groups is 1. The highest BCUT2D eigenvalue weighted by molar-refractivity contribution is 5.55. The monoisotopic (exact) mass is 250 g/mol. The lowest BCUT2D eigenvalue weighted by atomic mass is 9.50. The van der Waals surface area contributed by atoms with E-state index >= 15 is 0 Å². The first kappa shape index (κ1) is 12.7. The predicted molar refractivity (Wildman–Crippen MR) is 71.3 cm³/mol. The van der Waals surface area contributed by atoms with Gasteiger partial charge in [-0.1, -0.05) is 13.3 Å². The average Bonchev–Trinajstić information content (AvgIpc) is 2.33. The molecule has 2 heteroatoms. The zero-order chi connectivity index (χ0) is 12.6. The van der Waals surface area contributed by atoms with Crippen LogP contribution in [0.15, 0.2) is 0 Å². The molecule has 4 rings (SSSR count). The van der Waals surface area contributed by atoms with Crippen LogP contribution in [-0.2, 0) is 9.53 Å². The van der Waals surface area contributed by atoms with Crippen molar-refractivity contribution in [3.05, 3.63) is 0 Å². The number of hydrogen-bond acceptors (Lipinski definition) is 2. The van der Waals surface area contributed by atoms with E-state index < -0.39 is 0 Å². The van der Waals surface area contributed by atoms with E-state index in [-0.39, 0.29) is 6.10 Å². The van der Waals surface area contributed by atoms with Crippen LogP contribution in [0.3, 0.4) is 0 Å². The zero-order valence-corrected chi connectivity index (χ0v) is 11.6. The average molecular weight is 250 g/mol. The molecule has 0 N–H and O–H groups in total. The maximum Gasteiger partial charge on any atom is 0.148 e. The van der Waals surface area contributed by atoms with E-state index in [1.165, 1.54) is 38.5 Å². The van der Waals surface area contributed by atoms with Gasteiger partial charge in [0.05, 0.1) is 6.61 Å². The number of aldehydes is 1. The molecule has 0 radical (unpaired) electrons. The molecule has 0 saturated heterocycles.